The Hall–Kier alpha value is -2.98. The van der Waals surface area contributed by atoms with Crippen molar-refractivity contribution in [3.8, 4) is 11.3 Å². The number of fused-ring (bicyclic) bond motifs is 1. The van der Waals surface area contributed by atoms with Gasteiger partial charge >= 0.3 is 0 Å². The van der Waals surface area contributed by atoms with Gasteiger partial charge in [0.05, 0.1) is 12.1 Å². The van der Waals surface area contributed by atoms with Gasteiger partial charge in [0.25, 0.3) is 0 Å². The lowest BCUT2D eigenvalue weighted by molar-refractivity contribution is -0.115. The molecule has 0 aliphatic heterocycles. The summed E-state index contributed by atoms with van der Waals surface area (Å²) >= 11 is 1.51. The second kappa shape index (κ2) is 7.10. The lowest BCUT2D eigenvalue weighted by Gasteiger charge is -2.06. The highest BCUT2D eigenvalue weighted by atomic mass is 32.1. The molecule has 0 aliphatic rings. The van der Waals surface area contributed by atoms with Crippen LogP contribution in [0.1, 0.15) is 10.4 Å². The molecule has 0 fully saturated rings. The van der Waals surface area contributed by atoms with E-state index >= 15 is 0 Å². The predicted molar refractivity (Wildman–Crippen MR) is 109 cm³/mol. The number of hydrogen-bond donors (Lipinski definition) is 1. The standard InChI is InChI=1S/C22H18N2OS/c1-15-21(17-9-3-2-4-10-17)24-22(26-15)23-20(25)14-18-12-7-11-16-8-5-6-13-19(16)18/h2-13H,14H2,1H3,(H,23,24,25). The third-order valence-corrected chi connectivity index (χ3v) is 5.21. The Bertz CT molecular complexity index is 1060. The second-order valence-electron chi connectivity index (χ2n) is 6.15. The third kappa shape index (κ3) is 3.37. The maximum Gasteiger partial charge on any atom is 0.230 e. The molecule has 1 aromatic heterocycles. The number of nitrogens with one attached hydrogen (secondary N) is 1. The summed E-state index contributed by atoms with van der Waals surface area (Å²) in [4.78, 5) is 18.2. The maximum absolute atomic E-state index is 12.5. The molecule has 3 nitrogen and oxygen atoms in total. The summed E-state index contributed by atoms with van der Waals surface area (Å²) in [5.74, 6) is -0.0466. The molecule has 0 unspecified atom stereocenters. The summed E-state index contributed by atoms with van der Waals surface area (Å²) in [7, 11) is 0. The van der Waals surface area contributed by atoms with Crippen LogP contribution >= 0.6 is 11.3 Å². The number of benzene rings is 3. The molecule has 0 saturated carbocycles. The van der Waals surface area contributed by atoms with E-state index in [2.05, 4.69) is 28.5 Å². The van der Waals surface area contributed by atoms with Gasteiger partial charge in [-0.1, -0.05) is 72.8 Å². The van der Waals surface area contributed by atoms with Crippen LogP contribution in [-0.4, -0.2) is 10.9 Å². The van der Waals surface area contributed by atoms with Crippen LogP contribution in [0.4, 0.5) is 5.13 Å². The lowest BCUT2D eigenvalue weighted by Crippen LogP contribution is -2.14. The molecule has 1 N–H and O–H groups in total. The molecular weight excluding hydrogens is 340 g/mol. The highest BCUT2D eigenvalue weighted by Gasteiger charge is 2.13. The van der Waals surface area contributed by atoms with E-state index in [4.69, 9.17) is 0 Å². The number of rotatable bonds is 4. The Balaban J connectivity index is 1.54. The lowest BCUT2D eigenvalue weighted by atomic mass is 10.0. The average Bonchev–Trinajstić information content (AvgIpc) is 3.03. The SMILES string of the molecule is Cc1sc(NC(=O)Cc2cccc3ccccc23)nc1-c1ccccc1. The number of aromatic nitrogens is 1. The number of carbonyl (C=O) groups is 1. The number of carbonyl (C=O) groups excluding carboxylic acids is 1. The minimum atomic E-state index is -0.0466. The van der Waals surface area contributed by atoms with Crippen LogP contribution in [0.25, 0.3) is 22.0 Å². The molecule has 1 heterocycles. The van der Waals surface area contributed by atoms with E-state index in [0.29, 0.717) is 11.6 Å². The van der Waals surface area contributed by atoms with Crippen molar-refractivity contribution in [3.05, 3.63) is 83.2 Å². The molecular formula is C22H18N2OS. The summed E-state index contributed by atoms with van der Waals surface area (Å²) in [5, 5.41) is 5.86. The number of hydrogen-bond acceptors (Lipinski definition) is 3. The van der Waals surface area contributed by atoms with Gasteiger partial charge in [-0.25, -0.2) is 4.98 Å². The Morgan fingerprint density at radius 2 is 1.69 bits per heavy atom. The molecule has 0 radical (unpaired) electrons. The van der Waals surface area contributed by atoms with E-state index < -0.39 is 0 Å². The fourth-order valence-corrected chi connectivity index (χ4v) is 3.95. The average molecular weight is 358 g/mol. The van der Waals surface area contributed by atoms with Crippen LogP contribution in [0, 0.1) is 6.92 Å². The minimum absolute atomic E-state index is 0.0466. The highest BCUT2D eigenvalue weighted by Crippen LogP contribution is 2.30. The molecule has 3 aromatic carbocycles. The molecule has 0 aliphatic carbocycles. The molecule has 4 aromatic rings. The van der Waals surface area contributed by atoms with E-state index in [0.717, 1.165) is 32.5 Å². The molecule has 0 bridgehead atoms. The first-order valence-electron chi connectivity index (χ1n) is 8.50. The first-order chi connectivity index (χ1) is 12.7. The zero-order valence-corrected chi connectivity index (χ0v) is 15.2. The number of nitrogens with zero attached hydrogens (tertiary/aromatic N) is 1. The van der Waals surface area contributed by atoms with Crippen LogP contribution in [0.15, 0.2) is 72.8 Å². The van der Waals surface area contributed by atoms with Gasteiger partial charge in [0.15, 0.2) is 5.13 Å². The number of thiazole rings is 1. The smallest absolute Gasteiger partial charge is 0.230 e. The normalized spacial score (nSPS) is 10.8. The van der Waals surface area contributed by atoms with E-state index in [-0.39, 0.29) is 5.91 Å². The first-order valence-corrected chi connectivity index (χ1v) is 9.32. The Labute approximate surface area is 156 Å². The van der Waals surface area contributed by atoms with E-state index in [1.165, 1.54) is 11.3 Å². The number of aryl methyl sites for hydroxylation is 1. The highest BCUT2D eigenvalue weighted by molar-refractivity contribution is 7.16. The Morgan fingerprint density at radius 3 is 2.54 bits per heavy atom. The molecule has 26 heavy (non-hydrogen) atoms. The number of anilines is 1. The van der Waals surface area contributed by atoms with Gasteiger partial charge in [-0.2, -0.15) is 0 Å². The molecule has 4 rings (SSSR count). The number of amides is 1. The fourth-order valence-electron chi connectivity index (χ4n) is 3.10. The van der Waals surface area contributed by atoms with Gasteiger partial charge in [-0.3, -0.25) is 4.79 Å². The second-order valence-corrected chi connectivity index (χ2v) is 7.36. The quantitative estimate of drug-likeness (QED) is 0.527. The Morgan fingerprint density at radius 1 is 0.962 bits per heavy atom. The topological polar surface area (TPSA) is 42.0 Å². The summed E-state index contributed by atoms with van der Waals surface area (Å²) in [6.45, 7) is 2.03. The van der Waals surface area contributed by atoms with Crippen molar-refractivity contribution in [2.24, 2.45) is 0 Å². The van der Waals surface area contributed by atoms with Crippen molar-refractivity contribution in [2.45, 2.75) is 13.3 Å². The first kappa shape index (κ1) is 16.5. The van der Waals surface area contributed by atoms with Crippen molar-refractivity contribution in [1.29, 1.82) is 0 Å². The zero-order chi connectivity index (χ0) is 17.9. The molecule has 128 valence electrons. The monoisotopic (exact) mass is 358 g/mol. The van der Waals surface area contributed by atoms with E-state index in [1.54, 1.807) is 0 Å². The van der Waals surface area contributed by atoms with Crippen molar-refractivity contribution in [2.75, 3.05) is 5.32 Å². The van der Waals surface area contributed by atoms with Crippen molar-refractivity contribution < 1.29 is 4.79 Å². The fraction of sp³-hybridized carbons (Fsp3) is 0.0909. The molecule has 0 spiro atoms. The van der Waals surface area contributed by atoms with Crippen LogP contribution < -0.4 is 5.32 Å². The van der Waals surface area contributed by atoms with Crippen LogP contribution in [0.5, 0.6) is 0 Å². The molecule has 4 heteroatoms. The zero-order valence-electron chi connectivity index (χ0n) is 14.4. The summed E-state index contributed by atoms with van der Waals surface area (Å²) in [6.07, 6.45) is 0.334. The summed E-state index contributed by atoms with van der Waals surface area (Å²) in [5.41, 5.74) is 3.02. The van der Waals surface area contributed by atoms with Crippen LogP contribution in [0.2, 0.25) is 0 Å². The van der Waals surface area contributed by atoms with Crippen LogP contribution in [0.3, 0.4) is 0 Å². The minimum Gasteiger partial charge on any atom is -0.302 e. The largest absolute Gasteiger partial charge is 0.302 e. The third-order valence-electron chi connectivity index (χ3n) is 4.32. The van der Waals surface area contributed by atoms with Crippen molar-refractivity contribution >= 4 is 33.1 Å². The van der Waals surface area contributed by atoms with Crippen LogP contribution in [-0.2, 0) is 11.2 Å². The van der Waals surface area contributed by atoms with Gasteiger partial charge in [-0.05, 0) is 23.3 Å². The van der Waals surface area contributed by atoms with E-state index in [9.17, 15) is 4.79 Å². The summed E-state index contributed by atoms with van der Waals surface area (Å²) < 4.78 is 0. The van der Waals surface area contributed by atoms with E-state index in [1.807, 2.05) is 61.5 Å². The molecule has 0 saturated heterocycles. The van der Waals surface area contributed by atoms with Crippen molar-refractivity contribution in [3.63, 3.8) is 0 Å². The van der Waals surface area contributed by atoms with Gasteiger partial charge in [0, 0.05) is 10.4 Å². The maximum atomic E-state index is 12.5. The predicted octanol–water partition coefficient (Wildman–Crippen LogP) is 5.45. The van der Waals surface area contributed by atoms with Gasteiger partial charge in [-0.15, -0.1) is 11.3 Å². The van der Waals surface area contributed by atoms with Gasteiger partial charge < -0.3 is 5.32 Å². The van der Waals surface area contributed by atoms with Crippen molar-refractivity contribution in [1.82, 2.24) is 4.98 Å². The summed E-state index contributed by atoms with van der Waals surface area (Å²) in [6, 6.07) is 24.2. The van der Waals surface area contributed by atoms with Gasteiger partial charge in [0.2, 0.25) is 5.91 Å². The van der Waals surface area contributed by atoms with Gasteiger partial charge in [0.1, 0.15) is 0 Å². The Kier molecular flexibility index (Phi) is 4.50. The molecule has 1 amide bonds. The molecule has 0 atom stereocenters.